The Morgan fingerprint density at radius 2 is 1.64 bits per heavy atom. The van der Waals surface area contributed by atoms with Gasteiger partial charge in [0.25, 0.3) is 0 Å². The molecule has 0 aromatic heterocycles. The lowest BCUT2D eigenvalue weighted by molar-refractivity contribution is 0.140. The lowest BCUT2D eigenvalue weighted by atomic mass is 10.8. The van der Waals surface area contributed by atoms with Crippen molar-refractivity contribution in [1.82, 2.24) is 0 Å². The molecule has 0 fully saturated rings. The SMILES string of the molecule is CCOP(OCC)OCCO. The third kappa shape index (κ3) is 6.66. The molecule has 5 heteroatoms. The molecule has 0 aliphatic heterocycles. The van der Waals surface area contributed by atoms with E-state index in [9.17, 15) is 0 Å². The van der Waals surface area contributed by atoms with Crippen LogP contribution >= 0.6 is 8.60 Å². The predicted octanol–water partition coefficient (Wildman–Crippen LogP) is 1.30. The first-order chi connectivity index (χ1) is 5.35. The second kappa shape index (κ2) is 8.37. The smallest absolute Gasteiger partial charge is 0.332 e. The summed E-state index contributed by atoms with van der Waals surface area (Å²) in [7, 11) is -1.23. The predicted molar refractivity (Wildman–Crippen MR) is 43.2 cm³/mol. The molecular formula is C6H15O4P. The zero-order chi connectivity index (χ0) is 8.53. The second-order valence-electron chi connectivity index (χ2n) is 1.62. The Labute approximate surface area is 68.5 Å². The Hall–Kier alpha value is 0.270. The lowest BCUT2D eigenvalue weighted by Gasteiger charge is -2.13. The van der Waals surface area contributed by atoms with Crippen molar-refractivity contribution in [3.8, 4) is 0 Å². The maximum Gasteiger partial charge on any atom is 0.332 e. The van der Waals surface area contributed by atoms with Crippen molar-refractivity contribution in [2.75, 3.05) is 26.4 Å². The second-order valence-corrected chi connectivity index (χ2v) is 2.84. The topological polar surface area (TPSA) is 47.9 Å². The first kappa shape index (κ1) is 11.3. The normalized spacial score (nSPS) is 10.9. The fourth-order valence-electron chi connectivity index (χ4n) is 0.438. The van der Waals surface area contributed by atoms with Crippen LogP contribution in [0.15, 0.2) is 0 Å². The Kier molecular flexibility index (Phi) is 8.57. The Morgan fingerprint density at radius 3 is 2.00 bits per heavy atom. The minimum Gasteiger partial charge on any atom is -0.394 e. The minimum absolute atomic E-state index is 0.00101. The van der Waals surface area contributed by atoms with Gasteiger partial charge in [0.2, 0.25) is 0 Å². The molecule has 0 amide bonds. The van der Waals surface area contributed by atoms with Gasteiger partial charge in [-0.05, 0) is 13.8 Å². The van der Waals surface area contributed by atoms with E-state index in [1.807, 2.05) is 13.8 Å². The van der Waals surface area contributed by atoms with E-state index in [1.54, 1.807) is 0 Å². The molecule has 11 heavy (non-hydrogen) atoms. The minimum atomic E-state index is -1.23. The van der Waals surface area contributed by atoms with Gasteiger partial charge in [0.15, 0.2) is 0 Å². The standard InChI is InChI=1S/C6H15O4P/c1-3-8-11(9-4-2)10-6-5-7/h7H,3-6H2,1-2H3. The van der Waals surface area contributed by atoms with Crippen LogP contribution in [-0.2, 0) is 13.6 Å². The van der Waals surface area contributed by atoms with E-state index in [-0.39, 0.29) is 13.2 Å². The molecule has 0 saturated carbocycles. The van der Waals surface area contributed by atoms with E-state index in [0.29, 0.717) is 13.2 Å². The van der Waals surface area contributed by atoms with Crippen molar-refractivity contribution >= 4 is 8.60 Å². The average Bonchev–Trinajstić information content (AvgIpc) is 2.01. The maximum atomic E-state index is 8.43. The van der Waals surface area contributed by atoms with E-state index >= 15 is 0 Å². The van der Waals surface area contributed by atoms with Gasteiger partial charge in [-0.1, -0.05) is 0 Å². The summed E-state index contributed by atoms with van der Waals surface area (Å²) in [5.74, 6) is 0. The highest BCUT2D eigenvalue weighted by Crippen LogP contribution is 2.38. The van der Waals surface area contributed by atoms with Gasteiger partial charge < -0.3 is 18.7 Å². The zero-order valence-electron chi connectivity index (χ0n) is 6.95. The summed E-state index contributed by atoms with van der Waals surface area (Å²) in [4.78, 5) is 0. The van der Waals surface area contributed by atoms with Crippen molar-refractivity contribution in [3.63, 3.8) is 0 Å². The highest BCUT2D eigenvalue weighted by Gasteiger charge is 2.08. The largest absolute Gasteiger partial charge is 0.394 e. The van der Waals surface area contributed by atoms with Crippen LogP contribution in [0.5, 0.6) is 0 Å². The molecule has 0 aliphatic rings. The zero-order valence-corrected chi connectivity index (χ0v) is 7.84. The number of aliphatic hydroxyl groups is 1. The van der Waals surface area contributed by atoms with Crippen LogP contribution in [0.2, 0.25) is 0 Å². The number of hydrogen-bond donors (Lipinski definition) is 1. The van der Waals surface area contributed by atoms with E-state index in [2.05, 4.69) is 0 Å². The van der Waals surface area contributed by atoms with Crippen molar-refractivity contribution in [3.05, 3.63) is 0 Å². The van der Waals surface area contributed by atoms with Crippen LogP contribution in [0.25, 0.3) is 0 Å². The molecule has 0 aromatic rings. The third-order valence-corrected chi connectivity index (χ3v) is 2.09. The monoisotopic (exact) mass is 182 g/mol. The van der Waals surface area contributed by atoms with Gasteiger partial charge in [0.1, 0.15) is 0 Å². The molecule has 0 unspecified atom stereocenters. The maximum absolute atomic E-state index is 8.43. The van der Waals surface area contributed by atoms with Gasteiger partial charge in [0.05, 0.1) is 26.4 Å². The number of aliphatic hydroxyl groups excluding tert-OH is 1. The van der Waals surface area contributed by atoms with Gasteiger partial charge in [-0.25, -0.2) is 0 Å². The molecule has 0 bridgehead atoms. The molecule has 1 N–H and O–H groups in total. The summed E-state index contributed by atoms with van der Waals surface area (Å²) in [6, 6.07) is 0. The molecule has 0 aliphatic carbocycles. The first-order valence-corrected chi connectivity index (χ1v) is 4.74. The van der Waals surface area contributed by atoms with Gasteiger partial charge in [-0.3, -0.25) is 0 Å². The molecule has 0 radical (unpaired) electrons. The molecule has 0 rings (SSSR count). The van der Waals surface area contributed by atoms with Gasteiger partial charge >= 0.3 is 8.60 Å². The molecule has 0 atom stereocenters. The van der Waals surface area contributed by atoms with E-state index in [0.717, 1.165) is 0 Å². The van der Waals surface area contributed by atoms with E-state index in [4.69, 9.17) is 18.7 Å². The van der Waals surface area contributed by atoms with Gasteiger partial charge in [0, 0.05) is 0 Å². The molecule has 0 spiro atoms. The summed E-state index contributed by atoms with van der Waals surface area (Å²) >= 11 is 0. The average molecular weight is 182 g/mol. The van der Waals surface area contributed by atoms with Crippen molar-refractivity contribution in [2.24, 2.45) is 0 Å². The van der Waals surface area contributed by atoms with Crippen LogP contribution in [0.4, 0.5) is 0 Å². The Balaban J connectivity index is 3.34. The summed E-state index contributed by atoms with van der Waals surface area (Å²) < 4.78 is 15.2. The number of rotatable bonds is 7. The van der Waals surface area contributed by atoms with Crippen molar-refractivity contribution in [1.29, 1.82) is 0 Å². The third-order valence-electron chi connectivity index (χ3n) is 0.757. The van der Waals surface area contributed by atoms with Crippen LogP contribution < -0.4 is 0 Å². The van der Waals surface area contributed by atoms with Crippen LogP contribution in [0.3, 0.4) is 0 Å². The Bertz CT molecular complexity index is 75.0. The number of hydrogen-bond acceptors (Lipinski definition) is 4. The highest BCUT2D eigenvalue weighted by atomic mass is 31.2. The highest BCUT2D eigenvalue weighted by molar-refractivity contribution is 7.41. The molecule has 68 valence electrons. The molecule has 0 aromatic carbocycles. The van der Waals surface area contributed by atoms with Crippen LogP contribution in [0, 0.1) is 0 Å². The molecule has 4 nitrogen and oxygen atoms in total. The van der Waals surface area contributed by atoms with E-state index in [1.165, 1.54) is 0 Å². The molecule has 0 saturated heterocycles. The van der Waals surface area contributed by atoms with E-state index < -0.39 is 8.60 Å². The Morgan fingerprint density at radius 1 is 1.09 bits per heavy atom. The summed E-state index contributed by atoms with van der Waals surface area (Å²) in [5, 5.41) is 8.43. The fourth-order valence-corrected chi connectivity index (χ4v) is 1.31. The van der Waals surface area contributed by atoms with Crippen molar-refractivity contribution in [2.45, 2.75) is 13.8 Å². The summed E-state index contributed by atoms with van der Waals surface area (Å²) in [6.45, 7) is 5.15. The molecule has 0 heterocycles. The van der Waals surface area contributed by atoms with Gasteiger partial charge in [-0.2, -0.15) is 0 Å². The first-order valence-electron chi connectivity index (χ1n) is 3.64. The summed E-state index contributed by atoms with van der Waals surface area (Å²) in [6.07, 6.45) is 0. The lowest BCUT2D eigenvalue weighted by Crippen LogP contribution is -1.99. The molecular weight excluding hydrogens is 167 g/mol. The van der Waals surface area contributed by atoms with Crippen LogP contribution in [0.1, 0.15) is 13.8 Å². The van der Waals surface area contributed by atoms with Gasteiger partial charge in [-0.15, -0.1) is 0 Å². The summed E-state index contributed by atoms with van der Waals surface area (Å²) in [5.41, 5.74) is 0. The fraction of sp³-hybridized carbons (Fsp3) is 1.00. The quantitative estimate of drug-likeness (QED) is 0.603. The van der Waals surface area contributed by atoms with Crippen molar-refractivity contribution < 1.29 is 18.7 Å². The van der Waals surface area contributed by atoms with Crippen LogP contribution in [-0.4, -0.2) is 31.5 Å².